The Morgan fingerprint density at radius 3 is 1.71 bits per heavy atom. The van der Waals surface area contributed by atoms with Crippen molar-refractivity contribution >= 4 is 26.1 Å². The van der Waals surface area contributed by atoms with Gasteiger partial charge in [0, 0.05) is 0 Å². The summed E-state index contributed by atoms with van der Waals surface area (Å²) in [5, 5.41) is 0. The maximum Gasteiger partial charge on any atom is 0.488 e. The third kappa shape index (κ3) is 6.43. The van der Waals surface area contributed by atoms with Crippen LogP contribution in [0.5, 0.6) is 0 Å². The molecule has 24 heavy (non-hydrogen) atoms. The van der Waals surface area contributed by atoms with E-state index < -0.39 is 31.1 Å². The van der Waals surface area contributed by atoms with Crippen LogP contribution in [0.1, 0.15) is 0 Å². The molecule has 0 aliphatic carbocycles. The zero-order chi connectivity index (χ0) is 19.4. The van der Waals surface area contributed by atoms with Gasteiger partial charge in [0.2, 0.25) is 12.4 Å². The van der Waals surface area contributed by atoms with Gasteiger partial charge in [-0.1, -0.05) is 15.7 Å². The van der Waals surface area contributed by atoms with Gasteiger partial charge >= 0.3 is 17.0 Å². The van der Waals surface area contributed by atoms with E-state index in [2.05, 4.69) is 12.6 Å². The summed E-state index contributed by atoms with van der Waals surface area (Å²) in [6.45, 7) is 4.45. The van der Waals surface area contributed by atoms with Crippen molar-refractivity contribution in [1.29, 1.82) is 0 Å². The van der Waals surface area contributed by atoms with Gasteiger partial charge in [0.15, 0.2) is 33.6 Å². The van der Waals surface area contributed by atoms with Crippen LogP contribution in [0.2, 0.25) is 0 Å². The SMILES string of the molecule is C=CC[N+]1=C=[N+](C)C=C1.O=S(=O)([N-]S(=O)(=O)C(F)(F)F)C(F)(F)F. The van der Waals surface area contributed by atoms with Crippen molar-refractivity contribution in [2.75, 3.05) is 13.6 Å². The van der Waals surface area contributed by atoms with Crippen LogP contribution < -0.4 is 0 Å². The molecule has 0 N–H and O–H groups in total. The zero-order valence-corrected chi connectivity index (χ0v) is 13.3. The fourth-order valence-electron chi connectivity index (χ4n) is 0.904. The van der Waals surface area contributed by atoms with Crippen molar-refractivity contribution in [1.82, 2.24) is 0 Å². The van der Waals surface area contributed by atoms with Gasteiger partial charge in [-0.15, -0.1) is 0 Å². The molecular weight excluding hydrogens is 392 g/mol. The van der Waals surface area contributed by atoms with Crippen molar-refractivity contribution in [3.05, 3.63) is 29.2 Å². The van der Waals surface area contributed by atoms with E-state index in [0.29, 0.717) is 0 Å². The molecule has 0 aromatic rings. The minimum atomic E-state index is -6.72. The first-order valence-electron chi connectivity index (χ1n) is 5.45. The van der Waals surface area contributed by atoms with Crippen LogP contribution in [0.3, 0.4) is 0 Å². The number of sulfonamides is 2. The van der Waals surface area contributed by atoms with Crippen molar-refractivity contribution in [3.63, 3.8) is 0 Å². The summed E-state index contributed by atoms with van der Waals surface area (Å²) >= 11 is 0. The maximum absolute atomic E-state index is 11.4. The van der Waals surface area contributed by atoms with Crippen LogP contribution in [0, 0.1) is 0 Å². The van der Waals surface area contributed by atoms with Crippen LogP contribution in [0.4, 0.5) is 26.3 Å². The third-order valence-electron chi connectivity index (χ3n) is 1.86. The summed E-state index contributed by atoms with van der Waals surface area (Å²) in [7, 11) is -11.5. The van der Waals surface area contributed by atoms with Crippen LogP contribution in [0.25, 0.3) is 4.13 Å². The normalized spacial score (nSPS) is 15.3. The molecule has 0 aromatic carbocycles. The van der Waals surface area contributed by atoms with Crippen LogP contribution in [-0.4, -0.2) is 56.6 Å². The third-order valence-corrected chi connectivity index (χ3v) is 4.60. The molecule has 1 heterocycles. The first-order valence-corrected chi connectivity index (χ1v) is 8.33. The van der Waals surface area contributed by atoms with E-state index in [4.69, 9.17) is 0 Å². The molecule has 0 amide bonds. The van der Waals surface area contributed by atoms with Gasteiger partial charge in [-0.05, 0) is 6.08 Å². The average Bonchev–Trinajstić information content (AvgIpc) is 2.72. The number of alkyl halides is 6. The zero-order valence-electron chi connectivity index (χ0n) is 11.7. The van der Waals surface area contributed by atoms with E-state index in [9.17, 15) is 43.2 Å². The Kier molecular flexibility index (Phi) is 6.93. The van der Waals surface area contributed by atoms with Gasteiger partial charge in [0.1, 0.15) is 0 Å². The lowest BCUT2D eigenvalue weighted by Crippen LogP contribution is -2.30. The summed E-state index contributed by atoms with van der Waals surface area (Å²) in [6, 6.07) is 3.04. The topological polar surface area (TPSA) is 88.4 Å². The van der Waals surface area contributed by atoms with Crippen LogP contribution in [0.15, 0.2) is 25.1 Å². The predicted octanol–water partition coefficient (Wildman–Crippen LogP) is 1.55. The highest BCUT2D eigenvalue weighted by Crippen LogP contribution is 2.36. The van der Waals surface area contributed by atoms with Crippen molar-refractivity contribution in [2.45, 2.75) is 11.0 Å². The number of rotatable bonds is 4. The lowest BCUT2D eigenvalue weighted by molar-refractivity contribution is -0.462. The molecule has 1 aliphatic rings. The monoisotopic (exact) mass is 402 g/mol. The molecule has 0 saturated carbocycles. The highest BCUT2D eigenvalue weighted by atomic mass is 32.3. The first-order chi connectivity index (χ1) is 10.5. The summed E-state index contributed by atoms with van der Waals surface area (Å²) in [5.41, 5.74) is -12.4. The van der Waals surface area contributed by atoms with Crippen LogP contribution >= 0.6 is 0 Å². The molecule has 0 aromatic heterocycles. The second-order valence-electron chi connectivity index (χ2n) is 3.87. The Bertz CT molecular complexity index is 744. The molecule has 0 fully saturated rings. The lowest BCUT2D eigenvalue weighted by atomic mass is 10.6. The van der Waals surface area contributed by atoms with E-state index >= 15 is 0 Å². The van der Waals surface area contributed by atoms with E-state index in [1.165, 1.54) is 0 Å². The molecule has 0 spiro atoms. The van der Waals surface area contributed by atoms with Crippen molar-refractivity contribution < 1.29 is 52.3 Å². The van der Waals surface area contributed by atoms with E-state index in [1.54, 1.807) is 0 Å². The van der Waals surface area contributed by atoms with Crippen molar-refractivity contribution in [3.8, 4) is 0 Å². The Morgan fingerprint density at radius 2 is 1.46 bits per heavy atom. The Hall–Kier alpha value is -1.70. The van der Waals surface area contributed by atoms with Gasteiger partial charge in [-0.3, -0.25) is 0 Å². The number of halogens is 6. The summed E-state index contributed by atoms with van der Waals surface area (Å²) < 4.78 is 113. The van der Waals surface area contributed by atoms with Crippen LogP contribution in [-0.2, 0) is 20.0 Å². The Balaban J connectivity index is 0.000000496. The molecule has 0 atom stereocenters. The minimum absolute atomic E-state index is 0.778. The fourth-order valence-corrected chi connectivity index (χ4v) is 2.61. The van der Waals surface area contributed by atoms with Gasteiger partial charge in [0.05, 0.1) is 0 Å². The molecule has 1 rings (SSSR count). The number of hydrogen-bond acceptors (Lipinski definition) is 4. The predicted molar refractivity (Wildman–Crippen MR) is 69.0 cm³/mol. The van der Waals surface area contributed by atoms with Gasteiger partial charge in [-0.25, -0.2) is 16.8 Å². The van der Waals surface area contributed by atoms with E-state index in [1.807, 2.05) is 34.7 Å². The lowest BCUT2D eigenvalue weighted by Gasteiger charge is -2.22. The fraction of sp³-hybridized carbons (Fsp3) is 0.444. The highest BCUT2D eigenvalue weighted by Gasteiger charge is 2.46. The smallest absolute Gasteiger partial charge is 0.421 e. The average molecular weight is 402 g/mol. The quantitative estimate of drug-likeness (QED) is 0.406. The van der Waals surface area contributed by atoms with E-state index in [-0.39, 0.29) is 0 Å². The molecule has 7 nitrogen and oxygen atoms in total. The second-order valence-corrected chi connectivity index (χ2v) is 7.29. The number of hydrogen-bond donors (Lipinski definition) is 0. The summed E-state index contributed by atoms with van der Waals surface area (Å²) in [5.74, 6) is 0. The molecule has 138 valence electrons. The number of nitrogens with zero attached hydrogens (tertiary/aromatic N) is 3. The largest absolute Gasteiger partial charge is 0.488 e. The Labute approximate surface area is 133 Å². The standard InChI is InChI=1S/C7H10N2.C2F6NO4S2/c1-3-4-9-6-5-8(2)7-9;3-1(4,5)14(10,11)9-15(12,13)2(6,7)8/h3,5-6H,1,4H2,2H3;/q+2;-1. The summed E-state index contributed by atoms with van der Waals surface area (Å²) in [4.78, 5) is 0. The molecule has 0 unspecified atom stereocenters. The Morgan fingerprint density at radius 1 is 1.04 bits per heavy atom. The molecular formula is C9H10F6N3O4S2+. The summed E-state index contributed by atoms with van der Waals surface area (Å²) in [6.07, 6.45) is 5.75. The second kappa shape index (κ2) is 7.46. The molecule has 0 saturated heterocycles. The van der Waals surface area contributed by atoms with E-state index in [0.717, 1.165) is 10.7 Å². The molecule has 0 radical (unpaired) electrons. The van der Waals surface area contributed by atoms with Gasteiger partial charge in [-0.2, -0.15) is 26.3 Å². The van der Waals surface area contributed by atoms with Crippen molar-refractivity contribution in [2.24, 2.45) is 0 Å². The van der Waals surface area contributed by atoms with Gasteiger partial charge < -0.3 is 4.13 Å². The van der Waals surface area contributed by atoms with Gasteiger partial charge in [0.25, 0.3) is 0 Å². The first kappa shape index (κ1) is 22.3. The molecule has 1 aliphatic heterocycles. The molecule has 0 bridgehead atoms. The minimum Gasteiger partial charge on any atom is -0.421 e. The highest BCUT2D eigenvalue weighted by molar-refractivity contribution is 8.13. The maximum atomic E-state index is 11.4. The molecule has 15 heteroatoms.